The second-order valence-corrected chi connectivity index (χ2v) is 8.54. The summed E-state index contributed by atoms with van der Waals surface area (Å²) in [4.78, 5) is 14.8. The molecular weight excluding hydrogens is 443 g/mol. The Morgan fingerprint density at radius 3 is 2.61 bits per heavy atom. The van der Waals surface area contributed by atoms with Gasteiger partial charge in [0, 0.05) is 36.1 Å². The van der Waals surface area contributed by atoms with Crippen molar-refractivity contribution in [3.05, 3.63) is 77.1 Å². The van der Waals surface area contributed by atoms with Crippen LogP contribution in [0.1, 0.15) is 18.4 Å². The molecular formula is C24H22ClFN6O. The molecule has 2 aromatic carbocycles. The highest BCUT2D eigenvalue weighted by atomic mass is 35.5. The highest BCUT2D eigenvalue weighted by Crippen LogP contribution is 2.25. The van der Waals surface area contributed by atoms with E-state index in [4.69, 9.17) is 16.7 Å². The molecule has 1 aliphatic rings. The van der Waals surface area contributed by atoms with Gasteiger partial charge in [-0.15, -0.1) is 15.3 Å². The van der Waals surface area contributed by atoms with Crippen LogP contribution in [0.3, 0.4) is 0 Å². The van der Waals surface area contributed by atoms with Crippen molar-refractivity contribution in [3.8, 4) is 11.4 Å². The van der Waals surface area contributed by atoms with Gasteiger partial charge in [-0.25, -0.2) is 4.39 Å². The van der Waals surface area contributed by atoms with Gasteiger partial charge in [-0.2, -0.15) is 4.52 Å². The van der Waals surface area contributed by atoms with Crippen LogP contribution in [0.4, 0.5) is 10.2 Å². The van der Waals surface area contributed by atoms with Crippen LogP contribution in [0, 0.1) is 11.7 Å². The quantitative estimate of drug-likeness (QED) is 0.481. The van der Waals surface area contributed by atoms with Crippen LogP contribution in [0.25, 0.3) is 17.0 Å². The van der Waals surface area contributed by atoms with Gasteiger partial charge in [0.15, 0.2) is 11.5 Å². The minimum absolute atomic E-state index is 0.00570. The van der Waals surface area contributed by atoms with Crippen LogP contribution >= 0.6 is 11.6 Å². The number of amides is 1. The average Bonchev–Trinajstić information content (AvgIpc) is 3.26. The van der Waals surface area contributed by atoms with E-state index in [1.807, 2.05) is 36.4 Å². The summed E-state index contributed by atoms with van der Waals surface area (Å²) >= 11 is 6.00. The number of nitrogens with zero attached hydrogens (tertiary/aromatic N) is 5. The fourth-order valence-electron chi connectivity index (χ4n) is 4.08. The van der Waals surface area contributed by atoms with Gasteiger partial charge in [-0.05, 0) is 66.9 Å². The van der Waals surface area contributed by atoms with Crippen LogP contribution in [-0.4, -0.2) is 38.8 Å². The number of benzene rings is 2. The molecule has 168 valence electrons. The first-order valence-electron chi connectivity index (χ1n) is 10.8. The molecule has 0 spiro atoms. The molecule has 0 atom stereocenters. The number of rotatable bonds is 5. The Morgan fingerprint density at radius 1 is 1.06 bits per heavy atom. The molecule has 7 nitrogen and oxygen atoms in total. The lowest BCUT2D eigenvalue weighted by atomic mass is 9.96. The summed E-state index contributed by atoms with van der Waals surface area (Å²) in [6, 6.07) is 17.5. The largest absolute Gasteiger partial charge is 0.355 e. The maximum Gasteiger partial charge on any atom is 0.223 e. The third-order valence-electron chi connectivity index (χ3n) is 5.90. The van der Waals surface area contributed by atoms with Crippen LogP contribution in [0.5, 0.6) is 0 Å². The molecule has 5 rings (SSSR count). The number of anilines is 1. The molecule has 1 amide bonds. The van der Waals surface area contributed by atoms with Gasteiger partial charge in [-0.1, -0.05) is 23.7 Å². The molecule has 1 N–H and O–H groups in total. The number of carbonyl (C=O) groups is 1. The minimum Gasteiger partial charge on any atom is -0.355 e. The molecule has 0 radical (unpaired) electrons. The summed E-state index contributed by atoms with van der Waals surface area (Å²) in [5, 5.41) is 16.8. The minimum atomic E-state index is -0.299. The second-order valence-electron chi connectivity index (χ2n) is 8.10. The van der Waals surface area contributed by atoms with Crippen molar-refractivity contribution in [2.45, 2.75) is 19.4 Å². The van der Waals surface area contributed by atoms with Gasteiger partial charge in [0.25, 0.3) is 0 Å². The van der Waals surface area contributed by atoms with Crippen molar-refractivity contribution in [1.29, 1.82) is 0 Å². The SMILES string of the molecule is O=C(NCc1cccc(F)c1)C1CCN(c2ccc3nnc(-c4ccc(Cl)cc4)n3n2)CC1. The number of piperidine rings is 1. The Balaban J connectivity index is 1.24. The van der Waals surface area contributed by atoms with E-state index in [9.17, 15) is 9.18 Å². The van der Waals surface area contributed by atoms with Gasteiger partial charge in [0.2, 0.25) is 5.91 Å². The number of halogens is 2. The Kier molecular flexibility index (Phi) is 5.92. The number of aromatic nitrogens is 4. The van der Waals surface area contributed by atoms with E-state index in [-0.39, 0.29) is 17.6 Å². The van der Waals surface area contributed by atoms with Gasteiger partial charge in [-0.3, -0.25) is 4.79 Å². The van der Waals surface area contributed by atoms with Gasteiger partial charge >= 0.3 is 0 Å². The third-order valence-corrected chi connectivity index (χ3v) is 6.15. The molecule has 0 bridgehead atoms. The van der Waals surface area contributed by atoms with E-state index in [0.29, 0.717) is 23.0 Å². The zero-order valence-corrected chi connectivity index (χ0v) is 18.5. The lowest BCUT2D eigenvalue weighted by molar-refractivity contribution is -0.125. The van der Waals surface area contributed by atoms with Gasteiger partial charge in [0.05, 0.1) is 0 Å². The van der Waals surface area contributed by atoms with E-state index in [1.165, 1.54) is 12.1 Å². The predicted molar refractivity (Wildman–Crippen MR) is 124 cm³/mol. The molecule has 9 heteroatoms. The Labute approximate surface area is 195 Å². The molecule has 0 unspecified atom stereocenters. The maximum absolute atomic E-state index is 13.3. The summed E-state index contributed by atoms with van der Waals surface area (Å²) in [7, 11) is 0. The van der Waals surface area contributed by atoms with Crippen LogP contribution in [0.15, 0.2) is 60.7 Å². The van der Waals surface area contributed by atoms with Crippen molar-refractivity contribution in [3.63, 3.8) is 0 Å². The molecule has 0 aliphatic carbocycles. The topological polar surface area (TPSA) is 75.4 Å². The highest BCUT2D eigenvalue weighted by Gasteiger charge is 2.26. The van der Waals surface area contributed by atoms with E-state index in [0.717, 1.165) is 42.9 Å². The molecule has 1 saturated heterocycles. The van der Waals surface area contributed by atoms with Gasteiger partial charge in [0.1, 0.15) is 11.6 Å². The maximum atomic E-state index is 13.3. The lowest BCUT2D eigenvalue weighted by Crippen LogP contribution is -2.40. The van der Waals surface area contributed by atoms with Crippen molar-refractivity contribution >= 4 is 29.0 Å². The molecule has 2 aromatic heterocycles. The predicted octanol–water partition coefficient (Wildman–Crippen LogP) is 4.12. The lowest BCUT2D eigenvalue weighted by Gasteiger charge is -2.32. The van der Waals surface area contributed by atoms with E-state index >= 15 is 0 Å². The fourth-order valence-corrected chi connectivity index (χ4v) is 4.20. The van der Waals surface area contributed by atoms with E-state index in [1.54, 1.807) is 16.6 Å². The number of hydrogen-bond donors (Lipinski definition) is 1. The standard InChI is InChI=1S/C24H22ClFN6O/c25-19-6-4-17(5-7-19)23-29-28-21-8-9-22(30-32(21)23)31-12-10-18(11-13-31)24(33)27-15-16-2-1-3-20(26)14-16/h1-9,14,18H,10-13,15H2,(H,27,33). The first kappa shape index (κ1) is 21.3. The summed E-state index contributed by atoms with van der Waals surface area (Å²) in [5.74, 6) is 1.10. The van der Waals surface area contributed by atoms with E-state index < -0.39 is 0 Å². The molecule has 1 fully saturated rings. The van der Waals surface area contributed by atoms with Crippen LogP contribution in [0.2, 0.25) is 5.02 Å². The summed E-state index contributed by atoms with van der Waals surface area (Å²) in [6.45, 7) is 1.76. The Bertz CT molecular complexity index is 1280. The first-order valence-corrected chi connectivity index (χ1v) is 11.2. The summed E-state index contributed by atoms with van der Waals surface area (Å²) < 4.78 is 15.1. The van der Waals surface area contributed by atoms with Crippen molar-refractivity contribution in [2.75, 3.05) is 18.0 Å². The third kappa shape index (κ3) is 4.66. The highest BCUT2D eigenvalue weighted by molar-refractivity contribution is 6.30. The number of nitrogens with one attached hydrogen (secondary N) is 1. The molecule has 0 saturated carbocycles. The van der Waals surface area contributed by atoms with Crippen molar-refractivity contribution in [1.82, 2.24) is 25.1 Å². The average molecular weight is 465 g/mol. The summed E-state index contributed by atoms with van der Waals surface area (Å²) in [6.07, 6.45) is 1.45. The Morgan fingerprint density at radius 2 is 1.85 bits per heavy atom. The van der Waals surface area contributed by atoms with E-state index in [2.05, 4.69) is 20.4 Å². The summed E-state index contributed by atoms with van der Waals surface area (Å²) in [5.41, 5.74) is 2.30. The normalized spacial score (nSPS) is 14.5. The zero-order chi connectivity index (χ0) is 22.8. The molecule has 3 heterocycles. The van der Waals surface area contributed by atoms with Crippen LogP contribution in [-0.2, 0) is 11.3 Å². The fraction of sp³-hybridized carbons (Fsp3) is 0.250. The molecule has 33 heavy (non-hydrogen) atoms. The van der Waals surface area contributed by atoms with Crippen molar-refractivity contribution < 1.29 is 9.18 Å². The zero-order valence-electron chi connectivity index (χ0n) is 17.8. The second kappa shape index (κ2) is 9.15. The Hall–Kier alpha value is -3.52. The van der Waals surface area contributed by atoms with Gasteiger partial charge < -0.3 is 10.2 Å². The molecule has 4 aromatic rings. The monoisotopic (exact) mass is 464 g/mol. The smallest absolute Gasteiger partial charge is 0.223 e. The molecule has 1 aliphatic heterocycles. The number of hydrogen-bond acceptors (Lipinski definition) is 5. The van der Waals surface area contributed by atoms with Crippen molar-refractivity contribution in [2.24, 2.45) is 5.92 Å². The number of carbonyl (C=O) groups excluding carboxylic acids is 1. The first-order chi connectivity index (χ1) is 16.1. The number of fused-ring (bicyclic) bond motifs is 1. The van der Waals surface area contributed by atoms with Crippen LogP contribution < -0.4 is 10.2 Å².